The van der Waals surface area contributed by atoms with Crippen LogP contribution in [0, 0.1) is 0 Å². The molecule has 1 aromatic carbocycles. The van der Waals surface area contributed by atoms with Gasteiger partial charge in [0.25, 0.3) is 0 Å². The lowest BCUT2D eigenvalue weighted by Crippen LogP contribution is -2.35. The van der Waals surface area contributed by atoms with Crippen molar-refractivity contribution in [3.8, 4) is 0 Å². The third-order valence-electron chi connectivity index (χ3n) is 4.03. The van der Waals surface area contributed by atoms with E-state index in [1.807, 2.05) is 43.3 Å². The zero-order valence-electron chi connectivity index (χ0n) is 13.7. The highest BCUT2D eigenvalue weighted by Crippen LogP contribution is 2.22. The maximum atomic E-state index is 12.2. The van der Waals surface area contributed by atoms with E-state index in [2.05, 4.69) is 0 Å². The van der Waals surface area contributed by atoms with Crippen LogP contribution in [0.3, 0.4) is 0 Å². The molecule has 1 fully saturated rings. The summed E-state index contributed by atoms with van der Waals surface area (Å²) in [6, 6.07) is 9.82. The maximum Gasteiger partial charge on any atom is 0.410 e. The van der Waals surface area contributed by atoms with E-state index in [4.69, 9.17) is 4.74 Å². The molecule has 0 bridgehead atoms. The van der Waals surface area contributed by atoms with Gasteiger partial charge in [0.05, 0.1) is 0 Å². The minimum atomic E-state index is -0.260. The van der Waals surface area contributed by atoms with Crippen LogP contribution in [-0.4, -0.2) is 29.4 Å². The molecule has 0 aromatic heterocycles. The fourth-order valence-electron chi connectivity index (χ4n) is 2.81. The van der Waals surface area contributed by atoms with E-state index in [0.29, 0.717) is 13.0 Å². The lowest BCUT2D eigenvalue weighted by molar-refractivity contribution is -0.114. The highest BCUT2D eigenvalue weighted by Gasteiger charge is 2.28. The number of carbonyl (C=O) groups is 2. The van der Waals surface area contributed by atoms with Gasteiger partial charge >= 0.3 is 6.09 Å². The second kappa shape index (κ2) is 9.13. The minimum Gasteiger partial charge on any atom is -0.445 e. The molecule has 1 aliphatic rings. The SMILES string of the molecule is CCCC(=O)/C=C/CC1CCCN1C(=O)OCc1ccccc1. The third kappa shape index (κ3) is 5.55. The first-order valence-corrected chi connectivity index (χ1v) is 8.37. The van der Waals surface area contributed by atoms with Gasteiger partial charge in [0, 0.05) is 19.0 Å². The number of benzene rings is 1. The number of hydrogen-bond donors (Lipinski definition) is 0. The van der Waals surface area contributed by atoms with Gasteiger partial charge in [-0.1, -0.05) is 43.3 Å². The van der Waals surface area contributed by atoms with Crippen molar-refractivity contribution in [2.45, 2.75) is 51.7 Å². The van der Waals surface area contributed by atoms with Crippen molar-refractivity contribution in [3.05, 3.63) is 48.0 Å². The van der Waals surface area contributed by atoms with Crippen molar-refractivity contribution >= 4 is 11.9 Å². The molecule has 0 aliphatic carbocycles. The van der Waals surface area contributed by atoms with Crippen LogP contribution >= 0.6 is 0 Å². The topological polar surface area (TPSA) is 46.6 Å². The molecule has 0 saturated carbocycles. The predicted molar refractivity (Wildman–Crippen MR) is 90.0 cm³/mol. The number of hydrogen-bond acceptors (Lipinski definition) is 3. The van der Waals surface area contributed by atoms with Crippen molar-refractivity contribution in [1.82, 2.24) is 4.90 Å². The van der Waals surface area contributed by atoms with Crippen LogP contribution in [0.25, 0.3) is 0 Å². The molecular weight excluding hydrogens is 290 g/mol. The van der Waals surface area contributed by atoms with Gasteiger partial charge in [-0.25, -0.2) is 4.79 Å². The lowest BCUT2D eigenvalue weighted by Gasteiger charge is -2.23. The summed E-state index contributed by atoms with van der Waals surface area (Å²) in [5.41, 5.74) is 0.988. The van der Waals surface area contributed by atoms with Gasteiger partial charge in [-0.15, -0.1) is 0 Å². The Morgan fingerprint density at radius 1 is 1.30 bits per heavy atom. The van der Waals surface area contributed by atoms with E-state index in [-0.39, 0.29) is 17.9 Å². The Labute approximate surface area is 138 Å². The summed E-state index contributed by atoms with van der Waals surface area (Å²) in [6.07, 6.45) is 7.41. The van der Waals surface area contributed by atoms with Crippen molar-refractivity contribution in [2.24, 2.45) is 0 Å². The van der Waals surface area contributed by atoms with E-state index in [1.165, 1.54) is 0 Å². The van der Waals surface area contributed by atoms with Crippen molar-refractivity contribution in [1.29, 1.82) is 0 Å². The summed E-state index contributed by atoms with van der Waals surface area (Å²) in [5, 5.41) is 0. The summed E-state index contributed by atoms with van der Waals surface area (Å²) < 4.78 is 5.40. The van der Waals surface area contributed by atoms with Gasteiger partial charge in [-0.2, -0.15) is 0 Å². The summed E-state index contributed by atoms with van der Waals surface area (Å²) in [6.45, 7) is 3.02. The number of amides is 1. The first-order chi connectivity index (χ1) is 11.2. The highest BCUT2D eigenvalue weighted by molar-refractivity contribution is 5.89. The largest absolute Gasteiger partial charge is 0.445 e. The Bertz CT molecular complexity index is 539. The molecule has 1 heterocycles. The zero-order chi connectivity index (χ0) is 16.5. The average Bonchev–Trinajstić information content (AvgIpc) is 3.02. The normalized spacial score (nSPS) is 17.6. The molecule has 1 aromatic rings. The summed E-state index contributed by atoms with van der Waals surface area (Å²) in [7, 11) is 0. The van der Waals surface area contributed by atoms with E-state index in [9.17, 15) is 9.59 Å². The lowest BCUT2D eigenvalue weighted by atomic mass is 10.1. The molecule has 4 heteroatoms. The fraction of sp³-hybridized carbons (Fsp3) is 0.474. The number of rotatable bonds is 7. The number of carbonyl (C=O) groups excluding carboxylic acids is 2. The van der Waals surface area contributed by atoms with Crippen LogP contribution in [0.15, 0.2) is 42.5 Å². The molecule has 1 saturated heterocycles. The summed E-state index contributed by atoms with van der Waals surface area (Å²) >= 11 is 0. The van der Waals surface area contributed by atoms with Gasteiger partial charge < -0.3 is 9.64 Å². The van der Waals surface area contributed by atoms with Crippen molar-refractivity contribution in [3.63, 3.8) is 0 Å². The Morgan fingerprint density at radius 3 is 2.83 bits per heavy atom. The smallest absolute Gasteiger partial charge is 0.410 e. The molecule has 0 spiro atoms. The van der Waals surface area contributed by atoms with E-state index >= 15 is 0 Å². The molecule has 23 heavy (non-hydrogen) atoms. The molecule has 0 N–H and O–H groups in total. The van der Waals surface area contributed by atoms with Crippen LogP contribution in [0.1, 0.15) is 44.6 Å². The molecule has 1 amide bonds. The van der Waals surface area contributed by atoms with Crippen LogP contribution in [0.2, 0.25) is 0 Å². The quantitative estimate of drug-likeness (QED) is 0.712. The predicted octanol–water partition coefficient (Wildman–Crippen LogP) is 4.10. The van der Waals surface area contributed by atoms with Gasteiger partial charge in [0.2, 0.25) is 0 Å². The van der Waals surface area contributed by atoms with E-state index < -0.39 is 0 Å². The first-order valence-electron chi connectivity index (χ1n) is 8.37. The van der Waals surface area contributed by atoms with Crippen LogP contribution in [0.5, 0.6) is 0 Å². The molecule has 2 rings (SSSR count). The monoisotopic (exact) mass is 315 g/mol. The van der Waals surface area contributed by atoms with Crippen LogP contribution in [0.4, 0.5) is 4.79 Å². The molecular formula is C19H25NO3. The molecule has 4 nitrogen and oxygen atoms in total. The Morgan fingerprint density at radius 2 is 2.09 bits per heavy atom. The van der Waals surface area contributed by atoms with Gasteiger partial charge in [0.15, 0.2) is 5.78 Å². The van der Waals surface area contributed by atoms with Gasteiger partial charge in [-0.3, -0.25) is 4.79 Å². The number of ether oxygens (including phenoxy) is 1. The second-order valence-electron chi connectivity index (χ2n) is 5.88. The molecule has 1 aliphatic heterocycles. The van der Waals surface area contributed by atoms with Crippen LogP contribution < -0.4 is 0 Å². The van der Waals surface area contributed by atoms with E-state index in [1.54, 1.807) is 11.0 Å². The van der Waals surface area contributed by atoms with E-state index in [0.717, 1.165) is 37.8 Å². The highest BCUT2D eigenvalue weighted by atomic mass is 16.6. The summed E-state index contributed by atoms with van der Waals surface area (Å²) in [5.74, 6) is 0.156. The second-order valence-corrected chi connectivity index (χ2v) is 5.88. The van der Waals surface area contributed by atoms with Crippen molar-refractivity contribution < 1.29 is 14.3 Å². The zero-order valence-corrected chi connectivity index (χ0v) is 13.7. The fourth-order valence-corrected chi connectivity index (χ4v) is 2.81. The standard InChI is InChI=1S/C19H25NO3/c1-2-8-18(21)13-6-11-17-12-7-14-20(17)19(22)23-15-16-9-4-3-5-10-16/h3-6,9-10,13,17H,2,7-8,11-12,14-15H2,1H3/b13-6+. The molecule has 124 valence electrons. The third-order valence-corrected chi connectivity index (χ3v) is 4.03. The molecule has 0 radical (unpaired) electrons. The summed E-state index contributed by atoms with van der Waals surface area (Å²) in [4.78, 5) is 25.5. The number of nitrogens with zero attached hydrogens (tertiary/aromatic N) is 1. The molecule has 1 atom stereocenters. The molecule has 1 unspecified atom stereocenters. The van der Waals surface area contributed by atoms with Crippen molar-refractivity contribution in [2.75, 3.05) is 6.54 Å². The number of ketones is 1. The minimum absolute atomic E-state index is 0.143. The Hall–Kier alpha value is -2.10. The van der Waals surface area contributed by atoms with Gasteiger partial charge in [0.1, 0.15) is 6.61 Å². The number of likely N-dealkylation sites (tertiary alicyclic amines) is 1. The Kier molecular flexibility index (Phi) is 6.85. The number of allylic oxidation sites excluding steroid dienone is 1. The average molecular weight is 315 g/mol. The van der Waals surface area contributed by atoms with Crippen LogP contribution in [-0.2, 0) is 16.1 Å². The maximum absolute atomic E-state index is 12.2. The van der Waals surface area contributed by atoms with Gasteiger partial charge in [-0.05, 0) is 37.3 Å². The first kappa shape index (κ1) is 17.3. The Balaban J connectivity index is 1.80.